The molecule has 0 aromatic heterocycles. The molecule has 0 aliphatic carbocycles. The summed E-state index contributed by atoms with van der Waals surface area (Å²) in [7, 11) is 0. The lowest BCUT2D eigenvalue weighted by Gasteiger charge is -2.21. The van der Waals surface area contributed by atoms with E-state index >= 15 is 0 Å². The van der Waals surface area contributed by atoms with Gasteiger partial charge in [-0.2, -0.15) is 5.48 Å². The summed E-state index contributed by atoms with van der Waals surface area (Å²) in [5.41, 5.74) is 2.63. The maximum atomic E-state index is 11.5. The molecule has 1 N–H and O–H groups in total. The highest BCUT2D eigenvalue weighted by Gasteiger charge is 2.18. The molecule has 1 aromatic rings. The lowest BCUT2D eigenvalue weighted by Crippen LogP contribution is -2.36. The minimum atomic E-state index is -0.719. The van der Waals surface area contributed by atoms with Gasteiger partial charge in [0.25, 0.3) is 0 Å². The number of benzene rings is 1. The van der Waals surface area contributed by atoms with E-state index in [1.807, 2.05) is 31.2 Å². The number of hydrogen-bond donors (Lipinski definition) is 1. The van der Waals surface area contributed by atoms with E-state index in [1.54, 1.807) is 20.8 Å². The van der Waals surface area contributed by atoms with Crippen LogP contribution in [-0.4, -0.2) is 37.0 Å². The van der Waals surface area contributed by atoms with Crippen molar-refractivity contribution in [3.8, 4) is 5.75 Å². The normalized spacial score (nSPS) is 12.2. The molecule has 0 heterocycles. The first kappa shape index (κ1) is 19.8. The van der Waals surface area contributed by atoms with Crippen molar-refractivity contribution in [3.05, 3.63) is 29.8 Å². The zero-order chi connectivity index (χ0) is 18.2. The fourth-order valence-corrected chi connectivity index (χ4v) is 1.67. The van der Waals surface area contributed by atoms with E-state index in [2.05, 4.69) is 5.48 Å². The van der Waals surface area contributed by atoms with Crippen molar-refractivity contribution in [2.45, 2.75) is 46.3 Å². The van der Waals surface area contributed by atoms with E-state index in [9.17, 15) is 9.59 Å². The third-order valence-electron chi connectivity index (χ3n) is 2.61. The molecule has 0 bridgehead atoms. The molecule has 0 fully saturated rings. The molecule has 0 saturated heterocycles. The monoisotopic (exact) mass is 339 g/mol. The lowest BCUT2D eigenvalue weighted by molar-refractivity contribution is -0.153. The Morgan fingerprint density at radius 2 is 1.75 bits per heavy atom. The van der Waals surface area contributed by atoms with Gasteiger partial charge in [-0.1, -0.05) is 17.7 Å². The van der Waals surface area contributed by atoms with E-state index in [0.29, 0.717) is 5.75 Å². The molecule has 7 nitrogen and oxygen atoms in total. The molecule has 0 unspecified atom stereocenters. The summed E-state index contributed by atoms with van der Waals surface area (Å²) in [6.45, 7) is 8.52. The average molecular weight is 339 g/mol. The number of ether oxygens (including phenoxy) is 3. The van der Waals surface area contributed by atoms with Crippen LogP contribution in [0.5, 0.6) is 5.75 Å². The summed E-state index contributed by atoms with van der Waals surface area (Å²) in [6, 6.07) is 7.47. The van der Waals surface area contributed by atoms with Crippen molar-refractivity contribution >= 4 is 12.1 Å². The van der Waals surface area contributed by atoms with Crippen LogP contribution in [0.2, 0.25) is 0 Å². The average Bonchev–Trinajstić information content (AvgIpc) is 2.43. The highest BCUT2D eigenvalue weighted by atomic mass is 16.7. The molecule has 1 amide bonds. The van der Waals surface area contributed by atoms with E-state index < -0.39 is 23.8 Å². The first-order valence-corrected chi connectivity index (χ1v) is 7.63. The fourth-order valence-electron chi connectivity index (χ4n) is 1.67. The second-order valence-electron chi connectivity index (χ2n) is 6.27. The summed E-state index contributed by atoms with van der Waals surface area (Å²) in [5.74, 6) is 0.186. The van der Waals surface area contributed by atoms with Crippen LogP contribution >= 0.6 is 0 Å². The molecular formula is C17H25NO6. The SMILES string of the molecule is CC(=O)O[C@@H](CONC(=O)OC(C)(C)C)COc1ccc(C)cc1. The Balaban J connectivity index is 2.43. The number of hydrogen-bond acceptors (Lipinski definition) is 6. The number of rotatable bonds is 7. The van der Waals surface area contributed by atoms with Gasteiger partial charge in [0.05, 0.1) is 0 Å². The van der Waals surface area contributed by atoms with Crippen LogP contribution < -0.4 is 10.2 Å². The second-order valence-corrected chi connectivity index (χ2v) is 6.27. The Morgan fingerprint density at radius 3 is 2.29 bits per heavy atom. The van der Waals surface area contributed by atoms with Gasteiger partial charge in [-0.25, -0.2) is 4.79 Å². The highest BCUT2D eigenvalue weighted by Crippen LogP contribution is 2.12. The van der Waals surface area contributed by atoms with Crippen molar-refractivity contribution in [1.29, 1.82) is 0 Å². The number of aryl methyl sites for hydroxylation is 1. The number of hydroxylamine groups is 1. The molecule has 0 spiro atoms. The summed E-state index contributed by atoms with van der Waals surface area (Å²) in [4.78, 5) is 27.7. The molecule has 0 saturated carbocycles. The van der Waals surface area contributed by atoms with Gasteiger partial charge in [0.1, 0.15) is 24.6 Å². The van der Waals surface area contributed by atoms with Crippen molar-refractivity contribution in [1.82, 2.24) is 5.48 Å². The third-order valence-corrected chi connectivity index (χ3v) is 2.61. The highest BCUT2D eigenvalue weighted by molar-refractivity contribution is 5.66. The van der Waals surface area contributed by atoms with Crippen LogP contribution in [0.3, 0.4) is 0 Å². The molecule has 1 aromatic carbocycles. The zero-order valence-corrected chi connectivity index (χ0v) is 14.8. The maximum Gasteiger partial charge on any atom is 0.431 e. The molecule has 7 heteroatoms. The van der Waals surface area contributed by atoms with Gasteiger partial charge in [-0.15, -0.1) is 0 Å². The topological polar surface area (TPSA) is 83.1 Å². The summed E-state index contributed by atoms with van der Waals surface area (Å²) < 4.78 is 15.7. The van der Waals surface area contributed by atoms with E-state index in [0.717, 1.165) is 5.56 Å². The standard InChI is InChI=1S/C17H25NO6/c1-12-6-8-14(9-7-12)21-10-15(23-13(2)19)11-22-18-16(20)24-17(3,4)5/h6-9,15H,10-11H2,1-5H3,(H,18,20)/t15-/m1/s1. The predicted octanol–water partition coefficient (Wildman–Crippen LogP) is 2.76. The molecule has 0 aliphatic heterocycles. The third kappa shape index (κ3) is 8.99. The Kier molecular flexibility index (Phi) is 7.51. The van der Waals surface area contributed by atoms with Crippen molar-refractivity contribution in [3.63, 3.8) is 0 Å². The Hall–Kier alpha value is -2.28. The van der Waals surface area contributed by atoms with E-state index in [4.69, 9.17) is 19.0 Å². The van der Waals surface area contributed by atoms with E-state index in [-0.39, 0.29) is 13.2 Å². The van der Waals surface area contributed by atoms with Crippen LogP contribution in [0.4, 0.5) is 4.79 Å². The molecule has 0 radical (unpaired) electrons. The Morgan fingerprint density at radius 1 is 1.12 bits per heavy atom. The molecule has 0 aliphatic rings. The Labute approximate surface area is 142 Å². The fraction of sp³-hybridized carbons (Fsp3) is 0.529. The first-order chi connectivity index (χ1) is 11.2. The number of nitrogens with one attached hydrogen (secondary N) is 1. The summed E-state index contributed by atoms with van der Waals surface area (Å²) in [6.07, 6.45) is -1.39. The quantitative estimate of drug-likeness (QED) is 0.607. The van der Waals surface area contributed by atoms with Crippen LogP contribution in [0.25, 0.3) is 0 Å². The summed E-state index contributed by atoms with van der Waals surface area (Å²) in [5, 5.41) is 0. The smallest absolute Gasteiger partial charge is 0.431 e. The van der Waals surface area contributed by atoms with Gasteiger partial charge in [-0.05, 0) is 39.8 Å². The van der Waals surface area contributed by atoms with Crippen molar-refractivity contribution in [2.75, 3.05) is 13.2 Å². The minimum Gasteiger partial charge on any atom is -0.490 e. The van der Waals surface area contributed by atoms with Crippen LogP contribution in [-0.2, 0) is 19.1 Å². The van der Waals surface area contributed by atoms with Crippen molar-refractivity contribution < 1.29 is 28.6 Å². The molecule has 134 valence electrons. The number of esters is 1. The molecule has 1 atom stereocenters. The Bertz CT molecular complexity index is 535. The van der Waals surface area contributed by atoms with Gasteiger partial charge in [-0.3, -0.25) is 9.63 Å². The van der Waals surface area contributed by atoms with Crippen LogP contribution in [0, 0.1) is 6.92 Å². The molecule has 24 heavy (non-hydrogen) atoms. The minimum absolute atomic E-state index is 0.0648. The molecular weight excluding hydrogens is 314 g/mol. The number of carbonyl (C=O) groups is 2. The maximum absolute atomic E-state index is 11.5. The number of carbonyl (C=O) groups excluding carboxylic acids is 2. The number of amides is 1. The van der Waals surface area contributed by atoms with Crippen LogP contribution in [0.1, 0.15) is 33.3 Å². The molecule has 1 rings (SSSR count). The van der Waals surface area contributed by atoms with Gasteiger partial charge in [0, 0.05) is 6.92 Å². The van der Waals surface area contributed by atoms with Gasteiger partial charge >= 0.3 is 12.1 Å². The second kappa shape index (κ2) is 9.12. The van der Waals surface area contributed by atoms with E-state index in [1.165, 1.54) is 6.92 Å². The van der Waals surface area contributed by atoms with Crippen molar-refractivity contribution in [2.24, 2.45) is 0 Å². The van der Waals surface area contributed by atoms with Crippen LogP contribution in [0.15, 0.2) is 24.3 Å². The van der Waals surface area contributed by atoms with Gasteiger partial charge in [0.15, 0.2) is 6.10 Å². The summed E-state index contributed by atoms with van der Waals surface area (Å²) >= 11 is 0. The van der Waals surface area contributed by atoms with Gasteiger partial charge in [0.2, 0.25) is 0 Å². The largest absolute Gasteiger partial charge is 0.490 e. The van der Waals surface area contributed by atoms with Gasteiger partial charge < -0.3 is 14.2 Å². The first-order valence-electron chi connectivity index (χ1n) is 7.63. The zero-order valence-electron chi connectivity index (χ0n) is 14.8. The predicted molar refractivity (Wildman–Crippen MR) is 87.5 cm³/mol. The lowest BCUT2D eigenvalue weighted by atomic mass is 10.2.